The summed E-state index contributed by atoms with van der Waals surface area (Å²) < 4.78 is 13.0. The lowest BCUT2D eigenvalue weighted by Gasteiger charge is -2.15. The van der Waals surface area contributed by atoms with Crippen molar-refractivity contribution in [2.75, 3.05) is 11.9 Å². The molecule has 1 rings (SSSR count). The number of halogens is 1. The van der Waals surface area contributed by atoms with Crippen molar-refractivity contribution in [1.82, 2.24) is 0 Å². The lowest BCUT2D eigenvalue weighted by atomic mass is 10.2. The molecule has 0 aliphatic carbocycles. The Hall–Kier alpha value is -1.58. The maximum absolute atomic E-state index is 13.0. The van der Waals surface area contributed by atoms with Gasteiger partial charge in [-0.1, -0.05) is 6.07 Å². The average Bonchev–Trinajstić information content (AvgIpc) is 2.08. The predicted molar refractivity (Wildman–Crippen MR) is 47.6 cm³/mol. The molecular weight excluding hydrogens is 173 g/mol. The number of carbonyl (C=O) groups is 1. The van der Waals surface area contributed by atoms with E-state index in [-0.39, 0.29) is 0 Å². The minimum absolute atomic E-state index is 0.340. The first-order valence-corrected chi connectivity index (χ1v) is 3.76. The fourth-order valence-corrected chi connectivity index (χ4v) is 1.06. The zero-order chi connectivity index (χ0) is 10.0. The second-order valence-corrected chi connectivity index (χ2v) is 2.73. The van der Waals surface area contributed by atoms with Crippen molar-refractivity contribution in [2.24, 2.45) is 0 Å². The van der Waals surface area contributed by atoms with Crippen molar-refractivity contribution in [2.45, 2.75) is 6.92 Å². The van der Waals surface area contributed by atoms with Gasteiger partial charge in [0, 0.05) is 12.6 Å². The normalized spacial score (nSPS) is 9.77. The Bertz CT molecular complexity index is 338. The van der Waals surface area contributed by atoms with E-state index in [9.17, 15) is 9.18 Å². The van der Waals surface area contributed by atoms with Crippen LogP contribution in [0, 0.1) is 12.7 Å². The Morgan fingerprint density at radius 3 is 2.69 bits per heavy atom. The summed E-state index contributed by atoms with van der Waals surface area (Å²) in [6.45, 7) is 1.55. The van der Waals surface area contributed by atoms with Gasteiger partial charge in [-0.25, -0.2) is 9.18 Å². The highest BCUT2D eigenvalue weighted by atomic mass is 19.1. The Kier molecular flexibility index (Phi) is 2.51. The van der Waals surface area contributed by atoms with E-state index < -0.39 is 11.9 Å². The van der Waals surface area contributed by atoms with Gasteiger partial charge in [-0.2, -0.15) is 0 Å². The molecule has 0 saturated carbocycles. The fourth-order valence-electron chi connectivity index (χ4n) is 1.06. The van der Waals surface area contributed by atoms with E-state index in [1.54, 1.807) is 13.0 Å². The van der Waals surface area contributed by atoms with Crippen LogP contribution in [0.4, 0.5) is 14.9 Å². The summed E-state index contributed by atoms with van der Waals surface area (Å²) >= 11 is 0. The third-order valence-corrected chi connectivity index (χ3v) is 1.89. The maximum Gasteiger partial charge on any atom is 0.411 e. The lowest BCUT2D eigenvalue weighted by Crippen LogP contribution is -2.24. The SMILES string of the molecule is Cc1c(F)cccc1N(C)C(=O)O. The van der Waals surface area contributed by atoms with Crippen LogP contribution in [0.5, 0.6) is 0 Å². The molecule has 0 aliphatic heterocycles. The summed E-state index contributed by atoms with van der Waals surface area (Å²) in [4.78, 5) is 11.6. The van der Waals surface area contributed by atoms with Crippen molar-refractivity contribution < 1.29 is 14.3 Å². The minimum atomic E-state index is -1.10. The van der Waals surface area contributed by atoms with Gasteiger partial charge in [-0.15, -0.1) is 0 Å². The Morgan fingerprint density at radius 1 is 1.54 bits per heavy atom. The molecule has 0 saturated heterocycles. The first kappa shape index (κ1) is 9.51. The second-order valence-electron chi connectivity index (χ2n) is 2.73. The van der Waals surface area contributed by atoms with Crippen LogP contribution >= 0.6 is 0 Å². The largest absolute Gasteiger partial charge is 0.465 e. The molecule has 70 valence electrons. The molecule has 0 unspecified atom stereocenters. The van der Waals surface area contributed by atoms with E-state index in [0.717, 1.165) is 4.90 Å². The van der Waals surface area contributed by atoms with Gasteiger partial charge in [0.1, 0.15) is 5.82 Å². The summed E-state index contributed by atoms with van der Waals surface area (Å²) in [6, 6.07) is 4.35. The molecular formula is C9H10FNO2. The molecule has 0 aromatic heterocycles. The number of rotatable bonds is 1. The monoisotopic (exact) mass is 183 g/mol. The Labute approximate surface area is 75.4 Å². The molecule has 13 heavy (non-hydrogen) atoms. The molecule has 0 bridgehead atoms. The van der Waals surface area contributed by atoms with E-state index in [2.05, 4.69) is 0 Å². The number of hydrogen-bond donors (Lipinski definition) is 1. The highest BCUT2D eigenvalue weighted by Gasteiger charge is 2.12. The summed E-state index contributed by atoms with van der Waals surface area (Å²) in [7, 11) is 1.38. The summed E-state index contributed by atoms with van der Waals surface area (Å²) in [5.74, 6) is -0.398. The van der Waals surface area contributed by atoms with Crippen LogP contribution in [0.25, 0.3) is 0 Å². The molecule has 1 N–H and O–H groups in total. The van der Waals surface area contributed by atoms with Crippen LogP contribution in [0.3, 0.4) is 0 Å². The second kappa shape index (κ2) is 3.43. The number of benzene rings is 1. The number of nitrogens with zero attached hydrogens (tertiary/aromatic N) is 1. The van der Waals surface area contributed by atoms with Crippen LogP contribution in [0.15, 0.2) is 18.2 Å². The van der Waals surface area contributed by atoms with E-state index in [0.29, 0.717) is 11.3 Å². The molecule has 0 radical (unpaired) electrons. The summed E-state index contributed by atoms with van der Waals surface area (Å²) in [6.07, 6.45) is -1.10. The zero-order valence-electron chi connectivity index (χ0n) is 7.41. The van der Waals surface area contributed by atoms with Gasteiger partial charge in [-0.05, 0) is 19.1 Å². The van der Waals surface area contributed by atoms with Crippen molar-refractivity contribution >= 4 is 11.8 Å². The molecule has 0 fully saturated rings. The van der Waals surface area contributed by atoms with Crippen molar-refractivity contribution in [3.63, 3.8) is 0 Å². The molecule has 0 spiro atoms. The topological polar surface area (TPSA) is 40.5 Å². The molecule has 1 amide bonds. The Morgan fingerprint density at radius 2 is 2.15 bits per heavy atom. The van der Waals surface area contributed by atoms with Gasteiger partial charge < -0.3 is 5.11 Å². The number of anilines is 1. The van der Waals surface area contributed by atoms with Gasteiger partial charge in [0.15, 0.2) is 0 Å². The highest BCUT2D eigenvalue weighted by molar-refractivity contribution is 5.86. The maximum atomic E-state index is 13.0. The average molecular weight is 183 g/mol. The fraction of sp³-hybridized carbons (Fsp3) is 0.222. The van der Waals surface area contributed by atoms with Gasteiger partial charge in [0.05, 0.1) is 5.69 Å². The van der Waals surface area contributed by atoms with E-state index in [1.807, 2.05) is 0 Å². The summed E-state index contributed by atoms with van der Waals surface area (Å²) in [5, 5.41) is 8.65. The van der Waals surface area contributed by atoms with E-state index in [4.69, 9.17) is 5.11 Å². The highest BCUT2D eigenvalue weighted by Crippen LogP contribution is 2.20. The number of hydrogen-bond acceptors (Lipinski definition) is 1. The molecule has 4 heteroatoms. The van der Waals surface area contributed by atoms with Crippen LogP contribution in [-0.2, 0) is 0 Å². The van der Waals surface area contributed by atoms with Crippen molar-refractivity contribution in [3.8, 4) is 0 Å². The Balaban J connectivity index is 3.15. The standard InChI is InChI=1S/C9H10FNO2/c1-6-7(10)4-3-5-8(6)11(2)9(12)13/h3-5H,1-2H3,(H,12,13). The molecule has 1 aromatic rings. The van der Waals surface area contributed by atoms with Crippen LogP contribution in [0.2, 0.25) is 0 Å². The molecule has 1 aromatic carbocycles. The predicted octanol–water partition coefficient (Wildman–Crippen LogP) is 2.25. The van der Waals surface area contributed by atoms with Gasteiger partial charge in [0.2, 0.25) is 0 Å². The first-order valence-electron chi connectivity index (χ1n) is 3.76. The molecule has 0 aliphatic rings. The molecule has 3 nitrogen and oxygen atoms in total. The third kappa shape index (κ3) is 1.77. The minimum Gasteiger partial charge on any atom is -0.465 e. The quantitative estimate of drug-likeness (QED) is 0.725. The number of amides is 1. The third-order valence-electron chi connectivity index (χ3n) is 1.89. The van der Waals surface area contributed by atoms with Crippen molar-refractivity contribution in [3.05, 3.63) is 29.6 Å². The van der Waals surface area contributed by atoms with Gasteiger partial charge in [-0.3, -0.25) is 4.90 Å². The lowest BCUT2D eigenvalue weighted by molar-refractivity contribution is 0.203. The molecule has 0 heterocycles. The van der Waals surface area contributed by atoms with Gasteiger partial charge in [0.25, 0.3) is 0 Å². The van der Waals surface area contributed by atoms with Crippen LogP contribution < -0.4 is 4.90 Å². The molecule has 0 atom stereocenters. The van der Waals surface area contributed by atoms with E-state index >= 15 is 0 Å². The summed E-state index contributed by atoms with van der Waals surface area (Å²) in [5.41, 5.74) is 0.708. The first-order chi connectivity index (χ1) is 6.04. The number of carboxylic acid groups (broad SMARTS) is 1. The van der Waals surface area contributed by atoms with Crippen LogP contribution in [0.1, 0.15) is 5.56 Å². The van der Waals surface area contributed by atoms with E-state index in [1.165, 1.54) is 19.2 Å². The van der Waals surface area contributed by atoms with Gasteiger partial charge >= 0.3 is 6.09 Å². The van der Waals surface area contributed by atoms with Crippen molar-refractivity contribution in [1.29, 1.82) is 0 Å². The smallest absolute Gasteiger partial charge is 0.411 e. The zero-order valence-corrected chi connectivity index (χ0v) is 7.41. The van der Waals surface area contributed by atoms with Crippen LogP contribution in [-0.4, -0.2) is 18.2 Å².